The smallest absolute Gasteiger partial charge is 0.228 e. The number of ketones is 1. The Labute approximate surface area is 140 Å². The minimum Gasteiger partial charge on any atom is -0.497 e. The van der Waals surface area contributed by atoms with E-state index in [0.717, 1.165) is 33.2 Å². The molecule has 0 atom stereocenters. The minimum absolute atomic E-state index is 0.0726. The summed E-state index contributed by atoms with van der Waals surface area (Å²) >= 11 is 0. The summed E-state index contributed by atoms with van der Waals surface area (Å²) in [5.74, 6) is 1.11. The van der Waals surface area contributed by atoms with Gasteiger partial charge in [-0.15, -0.1) is 0 Å². The molecule has 4 rings (SSSR count). The fraction of sp³-hybridized carbons (Fsp3) is 0.0952. The highest BCUT2D eigenvalue weighted by molar-refractivity contribution is 6.22. The summed E-state index contributed by atoms with van der Waals surface area (Å²) < 4.78 is 10.5. The zero-order chi connectivity index (χ0) is 16.7. The van der Waals surface area contributed by atoms with Crippen LogP contribution < -0.4 is 4.74 Å². The summed E-state index contributed by atoms with van der Waals surface area (Å²) in [5.41, 5.74) is 3.75. The predicted octanol–water partition coefficient (Wildman–Crippen LogP) is 4.70. The first kappa shape index (κ1) is 14.5. The van der Waals surface area contributed by atoms with Gasteiger partial charge in [0.05, 0.1) is 14.2 Å². The molecule has 0 N–H and O–H groups in total. The first-order valence-electron chi connectivity index (χ1n) is 7.73. The molecule has 24 heavy (non-hydrogen) atoms. The van der Waals surface area contributed by atoms with Crippen molar-refractivity contribution < 1.29 is 14.3 Å². The van der Waals surface area contributed by atoms with Gasteiger partial charge in [0.2, 0.25) is 5.78 Å². The fourth-order valence-corrected chi connectivity index (χ4v) is 3.20. The van der Waals surface area contributed by atoms with Crippen molar-refractivity contribution in [3.63, 3.8) is 0 Å². The average molecular weight is 316 g/mol. The Balaban J connectivity index is 1.95. The lowest BCUT2D eigenvalue weighted by Gasteiger charge is -2.17. The maximum Gasteiger partial charge on any atom is 0.228 e. The predicted molar refractivity (Wildman–Crippen MR) is 95.3 cm³/mol. The summed E-state index contributed by atoms with van der Waals surface area (Å²) in [6.07, 6.45) is 1.81. The molecule has 0 unspecified atom stereocenters. The van der Waals surface area contributed by atoms with Gasteiger partial charge in [-0.2, -0.15) is 0 Å². The van der Waals surface area contributed by atoms with Gasteiger partial charge in [-0.1, -0.05) is 30.3 Å². The van der Waals surface area contributed by atoms with Crippen molar-refractivity contribution in [3.05, 3.63) is 71.5 Å². The lowest BCUT2D eigenvalue weighted by Crippen LogP contribution is -2.10. The topological polar surface area (TPSA) is 35.5 Å². The standard InChI is InChI=1S/C21H16O3/c1-23-17-8-6-13(7-9-17)16-10-14-4-3-5-15-12-19(24-2)21(22)18(11-16)20(14)15/h3-12H,1-2H3. The molecular weight excluding hydrogens is 300 g/mol. The van der Waals surface area contributed by atoms with E-state index in [1.54, 1.807) is 7.11 Å². The zero-order valence-corrected chi connectivity index (χ0v) is 13.5. The van der Waals surface area contributed by atoms with E-state index in [2.05, 4.69) is 6.07 Å². The minimum atomic E-state index is -0.0726. The molecule has 0 aliphatic heterocycles. The highest BCUT2D eigenvalue weighted by Crippen LogP contribution is 2.35. The van der Waals surface area contributed by atoms with Crippen LogP contribution in [-0.4, -0.2) is 20.0 Å². The number of benzene rings is 3. The highest BCUT2D eigenvalue weighted by atomic mass is 16.5. The van der Waals surface area contributed by atoms with Gasteiger partial charge in [0, 0.05) is 10.9 Å². The van der Waals surface area contributed by atoms with Crippen LogP contribution in [0.3, 0.4) is 0 Å². The average Bonchev–Trinajstić information content (AvgIpc) is 2.64. The number of rotatable bonds is 3. The van der Waals surface area contributed by atoms with Gasteiger partial charge < -0.3 is 9.47 Å². The molecular formula is C21H16O3. The van der Waals surface area contributed by atoms with Crippen molar-refractivity contribution in [2.75, 3.05) is 14.2 Å². The van der Waals surface area contributed by atoms with Gasteiger partial charge in [-0.3, -0.25) is 4.79 Å². The molecule has 0 amide bonds. The first-order chi connectivity index (χ1) is 11.7. The van der Waals surface area contributed by atoms with Crippen LogP contribution in [0.2, 0.25) is 0 Å². The van der Waals surface area contributed by atoms with E-state index >= 15 is 0 Å². The van der Waals surface area contributed by atoms with Crippen LogP contribution in [0.15, 0.2) is 60.4 Å². The second kappa shape index (κ2) is 5.53. The van der Waals surface area contributed by atoms with Crippen LogP contribution in [0.4, 0.5) is 0 Å². The van der Waals surface area contributed by atoms with Crippen LogP contribution in [0.5, 0.6) is 5.75 Å². The lowest BCUT2D eigenvalue weighted by atomic mass is 9.88. The Morgan fingerprint density at radius 1 is 0.833 bits per heavy atom. The molecule has 3 nitrogen and oxygen atoms in total. The number of hydrogen-bond donors (Lipinski definition) is 0. The van der Waals surface area contributed by atoms with Gasteiger partial charge in [0.25, 0.3) is 0 Å². The third-order valence-corrected chi connectivity index (χ3v) is 4.41. The summed E-state index contributed by atoms with van der Waals surface area (Å²) in [7, 11) is 3.18. The summed E-state index contributed by atoms with van der Waals surface area (Å²) in [5, 5.41) is 2.04. The Morgan fingerprint density at radius 3 is 2.33 bits per heavy atom. The van der Waals surface area contributed by atoms with E-state index in [1.165, 1.54) is 7.11 Å². The van der Waals surface area contributed by atoms with Crippen molar-refractivity contribution in [1.29, 1.82) is 0 Å². The van der Waals surface area contributed by atoms with Gasteiger partial charge in [-0.05, 0) is 52.4 Å². The molecule has 3 aromatic rings. The quantitative estimate of drug-likeness (QED) is 0.702. The number of methoxy groups -OCH3 is 2. The maximum atomic E-state index is 12.7. The molecule has 1 aliphatic rings. The Morgan fingerprint density at radius 2 is 1.62 bits per heavy atom. The maximum absolute atomic E-state index is 12.7. The van der Waals surface area contributed by atoms with E-state index in [9.17, 15) is 4.79 Å². The molecule has 0 bridgehead atoms. The van der Waals surface area contributed by atoms with Crippen LogP contribution in [0.25, 0.3) is 28.0 Å². The number of ether oxygens (including phenoxy) is 2. The number of carbonyl (C=O) groups is 1. The molecule has 118 valence electrons. The van der Waals surface area contributed by atoms with Crippen molar-refractivity contribution >= 4 is 22.6 Å². The van der Waals surface area contributed by atoms with Gasteiger partial charge in [0.1, 0.15) is 5.75 Å². The van der Waals surface area contributed by atoms with Crippen molar-refractivity contribution in [3.8, 4) is 16.9 Å². The monoisotopic (exact) mass is 316 g/mol. The molecule has 1 aliphatic carbocycles. The summed E-state index contributed by atoms with van der Waals surface area (Å²) in [6, 6.07) is 17.9. The molecule has 0 saturated carbocycles. The molecule has 0 fully saturated rings. The van der Waals surface area contributed by atoms with Gasteiger partial charge >= 0.3 is 0 Å². The van der Waals surface area contributed by atoms with E-state index in [4.69, 9.17) is 9.47 Å². The molecule has 3 heteroatoms. The molecule has 0 saturated heterocycles. The number of allylic oxidation sites excluding steroid dienone is 1. The number of hydrogen-bond acceptors (Lipinski definition) is 3. The van der Waals surface area contributed by atoms with Crippen LogP contribution in [-0.2, 0) is 4.74 Å². The first-order valence-corrected chi connectivity index (χ1v) is 7.73. The summed E-state index contributed by atoms with van der Waals surface area (Å²) in [4.78, 5) is 12.7. The SMILES string of the molecule is COC1=Cc2cccc3cc(-c4ccc(OC)cc4)cc(c23)C1=O. The largest absolute Gasteiger partial charge is 0.497 e. The molecule has 0 radical (unpaired) electrons. The Hall–Kier alpha value is -3.07. The van der Waals surface area contributed by atoms with Crippen LogP contribution in [0.1, 0.15) is 15.9 Å². The third kappa shape index (κ3) is 2.17. The lowest BCUT2D eigenvalue weighted by molar-refractivity contribution is 0.0957. The Bertz CT molecular complexity index is 982. The van der Waals surface area contributed by atoms with Crippen LogP contribution >= 0.6 is 0 Å². The number of carbonyl (C=O) groups excluding carboxylic acids is 1. The highest BCUT2D eigenvalue weighted by Gasteiger charge is 2.23. The second-order valence-corrected chi connectivity index (χ2v) is 5.74. The van der Waals surface area contributed by atoms with Crippen molar-refractivity contribution in [2.45, 2.75) is 0 Å². The van der Waals surface area contributed by atoms with Gasteiger partial charge in [0.15, 0.2) is 5.76 Å². The van der Waals surface area contributed by atoms with Crippen molar-refractivity contribution in [1.82, 2.24) is 0 Å². The van der Waals surface area contributed by atoms with E-state index in [0.29, 0.717) is 11.3 Å². The molecule has 3 aromatic carbocycles. The normalized spacial score (nSPS) is 12.9. The molecule has 0 heterocycles. The van der Waals surface area contributed by atoms with Crippen molar-refractivity contribution in [2.24, 2.45) is 0 Å². The summed E-state index contributed by atoms with van der Waals surface area (Å²) in [6.45, 7) is 0. The van der Waals surface area contributed by atoms with E-state index < -0.39 is 0 Å². The Kier molecular flexibility index (Phi) is 3.35. The fourth-order valence-electron chi connectivity index (χ4n) is 3.20. The molecule has 0 aromatic heterocycles. The van der Waals surface area contributed by atoms with Crippen LogP contribution in [0, 0.1) is 0 Å². The zero-order valence-electron chi connectivity index (χ0n) is 13.5. The second-order valence-electron chi connectivity index (χ2n) is 5.74. The number of Topliss-reactive ketones (excluding diaryl/α,β-unsaturated/α-hetero) is 1. The van der Waals surface area contributed by atoms with E-state index in [1.807, 2.05) is 54.6 Å². The molecule has 0 spiro atoms. The van der Waals surface area contributed by atoms with Gasteiger partial charge in [-0.25, -0.2) is 0 Å². The van der Waals surface area contributed by atoms with E-state index in [-0.39, 0.29) is 5.78 Å². The third-order valence-electron chi connectivity index (χ3n) is 4.41.